The van der Waals surface area contributed by atoms with E-state index in [-0.39, 0.29) is 12.4 Å². The molecule has 0 aliphatic heterocycles. The van der Waals surface area contributed by atoms with Gasteiger partial charge in [0.25, 0.3) is 0 Å². The fourth-order valence-electron chi connectivity index (χ4n) is 1.37. The van der Waals surface area contributed by atoms with Crippen molar-refractivity contribution in [3.05, 3.63) is 0 Å². The second kappa shape index (κ2) is 6.40. The first-order chi connectivity index (χ1) is 6.83. The molecule has 1 saturated carbocycles. The zero-order chi connectivity index (χ0) is 10.2. The Bertz CT molecular complexity index is 205. The Labute approximate surface area is 84.3 Å². The van der Waals surface area contributed by atoms with E-state index in [9.17, 15) is 4.79 Å². The largest absolute Gasteiger partial charge is 0.466 e. The Morgan fingerprint density at radius 3 is 2.79 bits per heavy atom. The average molecular weight is 199 g/mol. The summed E-state index contributed by atoms with van der Waals surface area (Å²) in [5.41, 5.74) is 1.12. The molecule has 0 aromatic rings. The number of nitrogens with zero attached hydrogens (tertiary/aromatic N) is 1. The molecule has 0 spiro atoms. The number of rotatable bonds is 5. The van der Waals surface area contributed by atoms with Crippen molar-refractivity contribution < 1.29 is 14.4 Å². The fraction of sp³-hybridized carbons (Fsp3) is 0.800. The van der Waals surface area contributed by atoms with Crippen LogP contribution in [0.25, 0.3) is 0 Å². The van der Waals surface area contributed by atoms with E-state index in [0.717, 1.165) is 18.6 Å². The summed E-state index contributed by atoms with van der Waals surface area (Å²) in [5.74, 6) is -0.223. The first-order valence-corrected chi connectivity index (χ1v) is 5.16. The van der Waals surface area contributed by atoms with Crippen molar-refractivity contribution in [3.63, 3.8) is 0 Å². The maximum Gasteiger partial charge on any atom is 0.309 e. The van der Waals surface area contributed by atoms with Crippen LogP contribution in [0.3, 0.4) is 0 Å². The normalized spacial score (nSPS) is 15.4. The maximum atomic E-state index is 10.9. The van der Waals surface area contributed by atoms with Gasteiger partial charge in [0.15, 0.2) is 0 Å². The predicted molar refractivity (Wildman–Crippen MR) is 53.1 cm³/mol. The number of esters is 1. The molecule has 0 atom stereocenters. The number of oxime groups is 1. The lowest BCUT2D eigenvalue weighted by molar-refractivity contribution is -0.144. The van der Waals surface area contributed by atoms with Crippen molar-refractivity contribution in [3.8, 4) is 0 Å². The van der Waals surface area contributed by atoms with E-state index in [1.807, 2.05) is 0 Å². The van der Waals surface area contributed by atoms with Crippen molar-refractivity contribution in [2.45, 2.75) is 39.0 Å². The lowest BCUT2D eigenvalue weighted by atomic mass is 10.3. The molecule has 80 valence electrons. The minimum Gasteiger partial charge on any atom is -0.466 e. The first kappa shape index (κ1) is 11.0. The number of ether oxygens (including phenoxy) is 1. The standard InChI is InChI=1S/C10H17NO3/c1-2-13-10(12)7-8-14-11-9-5-3-4-6-9/h2-8H2,1H3. The van der Waals surface area contributed by atoms with Crippen LogP contribution < -0.4 is 0 Å². The van der Waals surface area contributed by atoms with Gasteiger partial charge in [0.1, 0.15) is 6.61 Å². The quantitative estimate of drug-likeness (QED) is 0.386. The highest BCUT2D eigenvalue weighted by molar-refractivity contribution is 5.85. The van der Waals surface area contributed by atoms with E-state index in [2.05, 4.69) is 5.16 Å². The zero-order valence-corrected chi connectivity index (χ0v) is 8.62. The van der Waals surface area contributed by atoms with Crippen LogP contribution in [0.2, 0.25) is 0 Å². The lowest BCUT2D eigenvalue weighted by Crippen LogP contribution is -2.07. The second-order valence-electron chi connectivity index (χ2n) is 3.25. The summed E-state index contributed by atoms with van der Waals surface area (Å²) >= 11 is 0. The van der Waals surface area contributed by atoms with Crippen LogP contribution in [-0.4, -0.2) is 24.9 Å². The van der Waals surface area contributed by atoms with Crippen LogP contribution in [0.4, 0.5) is 0 Å². The van der Waals surface area contributed by atoms with Gasteiger partial charge >= 0.3 is 5.97 Å². The molecule has 4 heteroatoms. The summed E-state index contributed by atoms with van der Waals surface area (Å²) < 4.78 is 4.75. The van der Waals surface area contributed by atoms with Gasteiger partial charge in [-0.3, -0.25) is 4.79 Å². The zero-order valence-electron chi connectivity index (χ0n) is 8.62. The second-order valence-corrected chi connectivity index (χ2v) is 3.25. The van der Waals surface area contributed by atoms with E-state index in [0.29, 0.717) is 13.2 Å². The molecular weight excluding hydrogens is 182 g/mol. The van der Waals surface area contributed by atoms with E-state index in [1.165, 1.54) is 12.8 Å². The van der Waals surface area contributed by atoms with Crippen LogP contribution in [0.1, 0.15) is 39.0 Å². The van der Waals surface area contributed by atoms with Gasteiger partial charge in [0.05, 0.1) is 18.7 Å². The van der Waals surface area contributed by atoms with Crippen LogP contribution in [0.5, 0.6) is 0 Å². The van der Waals surface area contributed by atoms with Crippen molar-refractivity contribution in [1.29, 1.82) is 0 Å². The predicted octanol–water partition coefficient (Wildman–Crippen LogP) is 1.89. The molecule has 0 radical (unpaired) electrons. The highest BCUT2D eigenvalue weighted by Gasteiger charge is 2.08. The van der Waals surface area contributed by atoms with Gasteiger partial charge in [-0.05, 0) is 32.6 Å². The summed E-state index contributed by atoms with van der Waals surface area (Å²) in [4.78, 5) is 15.9. The lowest BCUT2D eigenvalue weighted by Gasteiger charge is -2.01. The van der Waals surface area contributed by atoms with E-state index < -0.39 is 0 Å². The average Bonchev–Trinajstić information content (AvgIpc) is 2.65. The Hall–Kier alpha value is -1.06. The van der Waals surface area contributed by atoms with E-state index in [1.54, 1.807) is 6.92 Å². The minimum absolute atomic E-state index is 0.223. The SMILES string of the molecule is CCOC(=O)CCON=C1CCCC1. The van der Waals surface area contributed by atoms with Gasteiger partial charge in [-0.1, -0.05) is 5.16 Å². The van der Waals surface area contributed by atoms with Gasteiger partial charge in [0.2, 0.25) is 0 Å². The third kappa shape index (κ3) is 4.25. The van der Waals surface area contributed by atoms with Gasteiger partial charge in [-0.2, -0.15) is 0 Å². The molecule has 0 heterocycles. The Morgan fingerprint density at radius 1 is 1.43 bits per heavy atom. The monoisotopic (exact) mass is 199 g/mol. The molecule has 1 aliphatic carbocycles. The van der Waals surface area contributed by atoms with Crippen LogP contribution in [0.15, 0.2) is 5.16 Å². The Kier molecular flexibility index (Phi) is 5.04. The van der Waals surface area contributed by atoms with Gasteiger partial charge in [0, 0.05) is 0 Å². The Balaban J connectivity index is 2.03. The minimum atomic E-state index is -0.223. The number of hydrogen-bond donors (Lipinski definition) is 0. The third-order valence-electron chi connectivity index (χ3n) is 2.08. The molecule has 0 aromatic carbocycles. The van der Waals surface area contributed by atoms with Crippen LogP contribution >= 0.6 is 0 Å². The summed E-state index contributed by atoms with van der Waals surface area (Å²) in [7, 11) is 0. The Morgan fingerprint density at radius 2 is 2.14 bits per heavy atom. The maximum absolute atomic E-state index is 10.9. The van der Waals surface area contributed by atoms with Crippen LogP contribution in [0, 0.1) is 0 Å². The van der Waals surface area contributed by atoms with Crippen molar-refractivity contribution >= 4 is 11.7 Å². The number of carbonyl (C=O) groups excluding carboxylic acids is 1. The van der Waals surface area contributed by atoms with Crippen molar-refractivity contribution in [1.82, 2.24) is 0 Å². The number of carbonyl (C=O) groups is 1. The van der Waals surface area contributed by atoms with E-state index >= 15 is 0 Å². The van der Waals surface area contributed by atoms with Crippen LogP contribution in [-0.2, 0) is 14.4 Å². The molecule has 4 nitrogen and oxygen atoms in total. The molecule has 0 N–H and O–H groups in total. The molecule has 1 aliphatic rings. The molecule has 14 heavy (non-hydrogen) atoms. The molecular formula is C10H17NO3. The topological polar surface area (TPSA) is 47.9 Å². The molecule has 1 fully saturated rings. The molecule has 0 bridgehead atoms. The van der Waals surface area contributed by atoms with E-state index in [4.69, 9.17) is 9.57 Å². The smallest absolute Gasteiger partial charge is 0.309 e. The van der Waals surface area contributed by atoms with Gasteiger partial charge < -0.3 is 9.57 Å². The van der Waals surface area contributed by atoms with Crippen molar-refractivity contribution in [2.24, 2.45) is 5.16 Å². The van der Waals surface area contributed by atoms with Crippen molar-refractivity contribution in [2.75, 3.05) is 13.2 Å². The first-order valence-electron chi connectivity index (χ1n) is 5.16. The fourth-order valence-corrected chi connectivity index (χ4v) is 1.37. The number of hydrogen-bond acceptors (Lipinski definition) is 4. The molecule has 0 amide bonds. The summed E-state index contributed by atoms with van der Waals surface area (Å²) in [5, 5.41) is 3.96. The van der Waals surface area contributed by atoms with Gasteiger partial charge in [-0.25, -0.2) is 0 Å². The highest BCUT2D eigenvalue weighted by atomic mass is 16.6. The summed E-state index contributed by atoms with van der Waals surface area (Å²) in [6.07, 6.45) is 4.78. The highest BCUT2D eigenvalue weighted by Crippen LogP contribution is 2.14. The van der Waals surface area contributed by atoms with Gasteiger partial charge in [-0.15, -0.1) is 0 Å². The summed E-state index contributed by atoms with van der Waals surface area (Å²) in [6.45, 7) is 2.53. The third-order valence-corrected chi connectivity index (χ3v) is 2.08. The molecule has 0 saturated heterocycles. The molecule has 0 unspecified atom stereocenters. The molecule has 1 rings (SSSR count). The summed E-state index contributed by atoms with van der Waals surface area (Å²) in [6, 6.07) is 0. The molecule has 0 aromatic heterocycles.